The van der Waals surface area contributed by atoms with E-state index in [1.54, 1.807) is 6.07 Å². The van der Waals surface area contributed by atoms with Crippen molar-refractivity contribution in [3.63, 3.8) is 0 Å². The maximum Gasteiger partial charge on any atom is 0.191 e. The van der Waals surface area contributed by atoms with Crippen LogP contribution in [0.15, 0.2) is 36.9 Å². The van der Waals surface area contributed by atoms with Crippen LogP contribution in [-0.4, -0.2) is 6.61 Å². The van der Waals surface area contributed by atoms with E-state index < -0.39 is 11.6 Å². The number of halogens is 2. The van der Waals surface area contributed by atoms with Gasteiger partial charge in [0.2, 0.25) is 0 Å². The summed E-state index contributed by atoms with van der Waals surface area (Å²) in [6.07, 6.45) is 12.0. The van der Waals surface area contributed by atoms with E-state index in [4.69, 9.17) is 4.74 Å². The van der Waals surface area contributed by atoms with Crippen molar-refractivity contribution in [2.24, 2.45) is 17.8 Å². The summed E-state index contributed by atoms with van der Waals surface area (Å²) in [5.74, 6) is 1.57. The number of hydrogen-bond donors (Lipinski definition) is 0. The van der Waals surface area contributed by atoms with E-state index in [0.717, 1.165) is 17.8 Å². The fraction of sp³-hybridized carbons (Fsp3) is 0.538. The lowest BCUT2D eigenvalue weighted by Gasteiger charge is -2.42. The summed E-state index contributed by atoms with van der Waals surface area (Å²) in [6.45, 7) is 5.91. The molecule has 2 saturated carbocycles. The number of hydrogen-bond acceptors (Lipinski definition) is 1. The van der Waals surface area contributed by atoms with Gasteiger partial charge >= 0.3 is 0 Å². The average molecular weight is 399 g/mol. The highest BCUT2D eigenvalue weighted by atomic mass is 19.1. The maximum absolute atomic E-state index is 14.7. The van der Waals surface area contributed by atoms with Crippen molar-refractivity contribution < 1.29 is 13.5 Å². The average Bonchev–Trinajstić information content (AvgIpc) is 2.73. The van der Waals surface area contributed by atoms with Crippen LogP contribution in [-0.2, 0) is 0 Å². The predicted molar refractivity (Wildman–Crippen MR) is 115 cm³/mol. The molecule has 2 aromatic rings. The second kappa shape index (κ2) is 8.85. The minimum atomic E-state index is -0.646. The Kier molecular flexibility index (Phi) is 6.22. The molecule has 0 N–H and O–H groups in total. The van der Waals surface area contributed by atoms with Gasteiger partial charge in [-0.05, 0) is 72.8 Å². The van der Waals surface area contributed by atoms with Gasteiger partial charge in [-0.1, -0.05) is 57.0 Å². The first-order valence-corrected chi connectivity index (χ1v) is 11.3. The summed E-state index contributed by atoms with van der Waals surface area (Å²) < 4.78 is 34.3. The molecule has 29 heavy (non-hydrogen) atoms. The summed E-state index contributed by atoms with van der Waals surface area (Å²) in [7, 11) is 0. The molecule has 0 aromatic heterocycles. The molecule has 2 unspecified atom stereocenters. The first kappa shape index (κ1) is 20.4. The molecular formula is C26H32F2O. The molecule has 0 aliphatic heterocycles. The smallest absolute Gasteiger partial charge is 0.191 e. The Morgan fingerprint density at radius 1 is 1.07 bits per heavy atom. The summed E-state index contributed by atoms with van der Waals surface area (Å²) >= 11 is 0. The van der Waals surface area contributed by atoms with E-state index in [1.165, 1.54) is 69.1 Å². The van der Waals surface area contributed by atoms with Gasteiger partial charge < -0.3 is 4.74 Å². The van der Waals surface area contributed by atoms with E-state index >= 15 is 0 Å². The molecule has 1 nitrogen and oxygen atoms in total. The molecule has 3 heteroatoms. The first-order valence-electron chi connectivity index (χ1n) is 11.3. The van der Waals surface area contributed by atoms with Gasteiger partial charge in [0.05, 0.1) is 0 Å². The topological polar surface area (TPSA) is 9.23 Å². The van der Waals surface area contributed by atoms with Crippen molar-refractivity contribution in [2.75, 3.05) is 6.61 Å². The molecule has 0 saturated heterocycles. The van der Waals surface area contributed by atoms with Crippen LogP contribution in [0.1, 0.15) is 69.8 Å². The zero-order chi connectivity index (χ0) is 20.4. The third-order valence-corrected chi connectivity index (χ3v) is 7.25. The molecule has 2 aliphatic carbocycles. The van der Waals surface area contributed by atoms with Gasteiger partial charge in [-0.3, -0.25) is 0 Å². The lowest BCUT2D eigenvalue weighted by atomic mass is 9.63. The second-order valence-corrected chi connectivity index (χ2v) is 9.08. The van der Waals surface area contributed by atoms with Crippen LogP contribution in [0.25, 0.3) is 10.8 Å². The fourth-order valence-electron chi connectivity index (χ4n) is 5.82. The lowest BCUT2D eigenvalue weighted by Crippen LogP contribution is -2.30. The molecule has 4 atom stereocenters. The fourth-order valence-corrected chi connectivity index (χ4v) is 5.82. The Labute approximate surface area is 173 Å². The van der Waals surface area contributed by atoms with Gasteiger partial charge in [0.15, 0.2) is 17.4 Å². The number of fused-ring (bicyclic) bond motifs is 2. The molecule has 0 amide bonds. The minimum absolute atomic E-state index is 0.0845. The van der Waals surface area contributed by atoms with Crippen molar-refractivity contribution in [1.29, 1.82) is 0 Å². The largest absolute Gasteiger partial charge is 0.483 e. The van der Waals surface area contributed by atoms with Gasteiger partial charge in [0.1, 0.15) is 6.61 Å². The molecule has 0 spiro atoms. The van der Waals surface area contributed by atoms with E-state index in [0.29, 0.717) is 16.7 Å². The van der Waals surface area contributed by atoms with Crippen molar-refractivity contribution in [2.45, 2.75) is 64.2 Å². The third kappa shape index (κ3) is 4.20. The zero-order valence-electron chi connectivity index (χ0n) is 17.4. The first-order chi connectivity index (χ1) is 14.1. The van der Waals surface area contributed by atoms with Crippen LogP contribution in [0.4, 0.5) is 8.78 Å². The SMILES string of the molecule is C=CCOc1c(F)cc2cc([C@@H]3CC[C@@H]4CC(CCC)CCC4C3)ccc2c1F. The van der Waals surface area contributed by atoms with Crippen LogP contribution in [0.2, 0.25) is 0 Å². The highest BCUT2D eigenvalue weighted by Gasteiger charge is 2.35. The van der Waals surface area contributed by atoms with Crippen LogP contribution in [0.5, 0.6) is 5.75 Å². The van der Waals surface area contributed by atoms with Gasteiger partial charge in [-0.15, -0.1) is 0 Å². The van der Waals surface area contributed by atoms with Crippen molar-refractivity contribution in [1.82, 2.24) is 0 Å². The van der Waals surface area contributed by atoms with Gasteiger partial charge in [-0.2, -0.15) is 0 Å². The summed E-state index contributed by atoms with van der Waals surface area (Å²) in [4.78, 5) is 0. The van der Waals surface area contributed by atoms with E-state index in [9.17, 15) is 8.78 Å². The molecule has 0 radical (unpaired) electrons. The molecule has 156 valence electrons. The monoisotopic (exact) mass is 398 g/mol. The zero-order valence-corrected chi connectivity index (χ0v) is 17.4. The quantitative estimate of drug-likeness (QED) is 0.451. The Morgan fingerprint density at radius 2 is 1.86 bits per heavy atom. The van der Waals surface area contributed by atoms with Crippen molar-refractivity contribution >= 4 is 10.8 Å². The molecule has 0 bridgehead atoms. The Bertz CT molecular complexity index is 875. The molecule has 2 fully saturated rings. The molecule has 0 heterocycles. The highest BCUT2D eigenvalue weighted by Crippen LogP contribution is 2.48. The Hall–Kier alpha value is -1.90. The molecule has 4 rings (SSSR count). The number of ether oxygens (including phenoxy) is 1. The summed E-state index contributed by atoms with van der Waals surface area (Å²) in [5, 5.41) is 1.04. The minimum Gasteiger partial charge on any atom is -0.483 e. The predicted octanol–water partition coefficient (Wildman–Crippen LogP) is 7.78. The molecular weight excluding hydrogens is 366 g/mol. The molecule has 2 aromatic carbocycles. The maximum atomic E-state index is 14.7. The highest BCUT2D eigenvalue weighted by molar-refractivity contribution is 5.85. The van der Waals surface area contributed by atoms with Crippen molar-refractivity contribution in [3.8, 4) is 5.75 Å². The Morgan fingerprint density at radius 3 is 2.66 bits per heavy atom. The van der Waals surface area contributed by atoms with Crippen LogP contribution < -0.4 is 4.74 Å². The number of rotatable bonds is 6. The third-order valence-electron chi connectivity index (χ3n) is 7.25. The Balaban J connectivity index is 1.52. The van der Waals surface area contributed by atoms with E-state index in [1.807, 2.05) is 12.1 Å². The summed E-state index contributed by atoms with van der Waals surface area (Å²) in [5.41, 5.74) is 1.23. The van der Waals surface area contributed by atoms with Crippen LogP contribution in [0.3, 0.4) is 0 Å². The van der Waals surface area contributed by atoms with Crippen LogP contribution in [0, 0.1) is 29.4 Å². The lowest BCUT2D eigenvalue weighted by molar-refractivity contribution is 0.114. The van der Waals surface area contributed by atoms with E-state index in [-0.39, 0.29) is 12.4 Å². The second-order valence-electron chi connectivity index (χ2n) is 9.08. The van der Waals surface area contributed by atoms with E-state index in [2.05, 4.69) is 13.5 Å². The van der Waals surface area contributed by atoms with Gasteiger partial charge in [0.25, 0.3) is 0 Å². The number of benzene rings is 2. The van der Waals surface area contributed by atoms with Crippen molar-refractivity contribution in [3.05, 3.63) is 54.1 Å². The van der Waals surface area contributed by atoms with Crippen LogP contribution >= 0.6 is 0 Å². The normalized spacial score (nSPS) is 26.9. The van der Waals surface area contributed by atoms with Gasteiger partial charge in [0, 0.05) is 5.39 Å². The molecule has 2 aliphatic rings. The summed E-state index contributed by atoms with van der Waals surface area (Å²) in [6, 6.07) is 7.23. The standard InChI is InChI=1S/C26H32F2O/c1-3-5-17-6-7-19-14-20(9-8-18(19)13-17)21-10-11-23-22(15-21)16-24(27)26(25(23)28)29-12-4-2/h4,10-11,15-20H,2-3,5-9,12-14H2,1H3/t17?,18-,19?,20-/m1/s1. The van der Waals surface area contributed by atoms with Gasteiger partial charge in [-0.25, -0.2) is 8.78 Å².